The SMILES string of the molecule is C=CCn1c(=O)c2cnc(Nc3ccc(N4CCN(C)CC4)cc3)nc2n1C(=N)/C=C\C=C\C(C)O. The third kappa shape index (κ3) is 5.61. The summed E-state index contributed by atoms with van der Waals surface area (Å²) in [5.74, 6) is 0.366. The number of aliphatic hydroxyl groups is 1. The van der Waals surface area contributed by atoms with E-state index in [1.165, 1.54) is 27.3 Å². The summed E-state index contributed by atoms with van der Waals surface area (Å²) < 4.78 is 2.83. The van der Waals surface area contributed by atoms with Gasteiger partial charge in [0.05, 0.1) is 12.6 Å². The van der Waals surface area contributed by atoms with Gasteiger partial charge in [-0.1, -0.05) is 24.3 Å². The summed E-state index contributed by atoms with van der Waals surface area (Å²) in [6.45, 7) is 9.66. The molecule has 0 saturated carbocycles. The highest BCUT2D eigenvalue weighted by atomic mass is 16.3. The van der Waals surface area contributed by atoms with Crippen LogP contribution in [0.5, 0.6) is 0 Å². The molecule has 1 aromatic carbocycles. The molecular weight excluding hydrogens is 456 g/mol. The van der Waals surface area contributed by atoms with E-state index >= 15 is 0 Å². The smallest absolute Gasteiger partial charge is 0.278 e. The average Bonchev–Trinajstić information content (AvgIpc) is 3.14. The average molecular weight is 489 g/mol. The summed E-state index contributed by atoms with van der Waals surface area (Å²) in [5.41, 5.74) is 2.02. The number of nitrogens with one attached hydrogen (secondary N) is 2. The summed E-state index contributed by atoms with van der Waals surface area (Å²) in [5, 5.41) is 21.4. The van der Waals surface area contributed by atoms with Crippen molar-refractivity contribution < 1.29 is 5.11 Å². The number of hydrogen-bond acceptors (Lipinski definition) is 8. The van der Waals surface area contributed by atoms with Crippen molar-refractivity contribution in [2.24, 2.45) is 0 Å². The highest BCUT2D eigenvalue weighted by molar-refractivity contribution is 5.97. The number of anilines is 3. The number of aliphatic hydroxyl groups excluding tert-OH is 1. The van der Waals surface area contributed by atoms with Crippen LogP contribution in [0.4, 0.5) is 17.3 Å². The van der Waals surface area contributed by atoms with Gasteiger partial charge in [-0.05, 0) is 44.3 Å². The second kappa shape index (κ2) is 11.1. The summed E-state index contributed by atoms with van der Waals surface area (Å²) in [6.07, 6.45) is 8.88. The zero-order valence-corrected chi connectivity index (χ0v) is 20.6. The van der Waals surface area contributed by atoms with Crippen molar-refractivity contribution in [3.63, 3.8) is 0 Å². The Morgan fingerprint density at radius 1 is 1.22 bits per heavy atom. The number of nitrogens with zero attached hydrogens (tertiary/aromatic N) is 6. The number of allylic oxidation sites excluding steroid dienone is 4. The molecule has 0 amide bonds. The normalized spacial score (nSPS) is 15.7. The van der Waals surface area contributed by atoms with E-state index in [9.17, 15) is 9.90 Å². The lowest BCUT2D eigenvalue weighted by atomic mass is 10.2. The molecule has 188 valence electrons. The molecule has 3 heterocycles. The van der Waals surface area contributed by atoms with Gasteiger partial charge < -0.3 is 20.2 Å². The molecule has 4 rings (SSSR count). The summed E-state index contributed by atoms with van der Waals surface area (Å²) >= 11 is 0. The van der Waals surface area contributed by atoms with Crippen LogP contribution in [0.1, 0.15) is 6.92 Å². The highest BCUT2D eigenvalue weighted by Gasteiger charge is 2.18. The van der Waals surface area contributed by atoms with Crippen molar-refractivity contribution in [1.82, 2.24) is 24.2 Å². The first kappa shape index (κ1) is 25.1. The molecule has 1 atom stereocenters. The van der Waals surface area contributed by atoms with Crippen molar-refractivity contribution in [3.8, 4) is 0 Å². The highest BCUT2D eigenvalue weighted by Crippen LogP contribution is 2.21. The molecule has 0 aliphatic carbocycles. The van der Waals surface area contributed by atoms with E-state index in [4.69, 9.17) is 5.41 Å². The molecule has 0 radical (unpaired) electrons. The summed E-state index contributed by atoms with van der Waals surface area (Å²) in [4.78, 5) is 26.5. The lowest BCUT2D eigenvalue weighted by Crippen LogP contribution is -2.44. The molecule has 10 nitrogen and oxygen atoms in total. The molecule has 0 spiro atoms. The van der Waals surface area contributed by atoms with E-state index in [1.54, 1.807) is 31.2 Å². The largest absolute Gasteiger partial charge is 0.389 e. The van der Waals surface area contributed by atoms with E-state index in [0.29, 0.717) is 17.0 Å². The first-order valence-corrected chi connectivity index (χ1v) is 11.9. The van der Waals surface area contributed by atoms with E-state index in [1.807, 2.05) is 12.1 Å². The van der Waals surface area contributed by atoms with E-state index in [2.05, 4.69) is 50.8 Å². The van der Waals surface area contributed by atoms with Crippen LogP contribution in [-0.4, -0.2) is 74.5 Å². The first-order valence-electron chi connectivity index (χ1n) is 11.9. The Balaban J connectivity index is 1.60. The van der Waals surface area contributed by atoms with Gasteiger partial charge in [-0.2, -0.15) is 4.98 Å². The molecule has 1 aliphatic heterocycles. The topological polar surface area (TPSA) is 115 Å². The minimum absolute atomic E-state index is 0.0420. The number of fused-ring (bicyclic) bond motifs is 1. The predicted molar refractivity (Wildman–Crippen MR) is 145 cm³/mol. The number of aromatic nitrogens is 4. The Bertz CT molecular complexity index is 1340. The van der Waals surface area contributed by atoms with Gasteiger partial charge in [0, 0.05) is 43.8 Å². The maximum Gasteiger partial charge on any atom is 0.278 e. The van der Waals surface area contributed by atoms with Crippen LogP contribution < -0.4 is 15.8 Å². The third-order valence-corrected chi connectivity index (χ3v) is 5.95. The van der Waals surface area contributed by atoms with Crippen LogP contribution in [0.25, 0.3) is 11.0 Å². The maximum absolute atomic E-state index is 13.0. The number of benzene rings is 1. The Labute approximate surface area is 210 Å². The molecular formula is C26H32N8O2. The molecule has 3 N–H and O–H groups in total. The zero-order valence-electron chi connectivity index (χ0n) is 20.6. The monoisotopic (exact) mass is 488 g/mol. The van der Waals surface area contributed by atoms with Gasteiger partial charge in [0.2, 0.25) is 5.95 Å². The van der Waals surface area contributed by atoms with Crippen LogP contribution >= 0.6 is 0 Å². The molecule has 1 saturated heterocycles. The van der Waals surface area contributed by atoms with Crippen LogP contribution in [-0.2, 0) is 6.54 Å². The number of rotatable bonds is 8. The lowest BCUT2D eigenvalue weighted by molar-refractivity contribution is 0.244. The van der Waals surface area contributed by atoms with Crippen LogP contribution in [0.15, 0.2) is 72.2 Å². The minimum atomic E-state index is -0.591. The van der Waals surface area contributed by atoms with Crippen molar-refractivity contribution >= 4 is 34.2 Å². The van der Waals surface area contributed by atoms with Crippen molar-refractivity contribution in [3.05, 3.63) is 77.8 Å². The van der Waals surface area contributed by atoms with Gasteiger partial charge in [0.15, 0.2) is 5.65 Å². The minimum Gasteiger partial charge on any atom is -0.389 e. The fourth-order valence-electron chi connectivity index (χ4n) is 4.01. The van der Waals surface area contributed by atoms with Crippen molar-refractivity contribution in [2.75, 3.05) is 43.4 Å². The molecule has 1 aliphatic rings. The van der Waals surface area contributed by atoms with Crippen molar-refractivity contribution in [1.29, 1.82) is 5.41 Å². The number of likely N-dealkylation sites (N-methyl/N-ethyl adjacent to an activating group) is 1. The van der Waals surface area contributed by atoms with Gasteiger partial charge in [-0.3, -0.25) is 10.2 Å². The molecule has 1 unspecified atom stereocenters. The second-order valence-electron chi connectivity index (χ2n) is 8.75. The van der Waals surface area contributed by atoms with E-state index in [-0.39, 0.29) is 17.9 Å². The molecule has 2 aromatic heterocycles. The first-order chi connectivity index (χ1) is 17.4. The van der Waals surface area contributed by atoms with Gasteiger partial charge in [-0.25, -0.2) is 14.3 Å². The quantitative estimate of drug-likeness (QED) is 0.193. The van der Waals surface area contributed by atoms with Gasteiger partial charge in [-0.15, -0.1) is 6.58 Å². The molecule has 36 heavy (non-hydrogen) atoms. The fourth-order valence-corrected chi connectivity index (χ4v) is 4.01. The van der Waals surface area contributed by atoms with Crippen LogP contribution in [0.3, 0.4) is 0 Å². The predicted octanol–water partition coefficient (Wildman–Crippen LogP) is 2.59. The van der Waals surface area contributed by atoms with E-state index < -0.39 is 6.10 Å². The maximum atomic E-state index is 13.0. The molecule has 0 bridgehead atoms. The standard InChI is InChI=1S/C26H32N8O2/c1-4-13-33-25(36)22-18-28-26(30-24(22)34(33)23(27)8-6-5-7-19(2)35)29-20-9-11-21(12-10-20)32-16-14-31(3)15-17-32/h4-12,18-19,27,35H,1,13-17H2,2-3H3,(H,28,29,30)/b7-5+,8-6-,27-23?. The van der Waals surface area contributed by atoms with Gasteiger partial charge in [0.1, 0.15) is 11.2 Å². The number of hydrogen-bond donors (Lipinski definition) is 3. The molecule has 10 heteroatoms. The third-order valence-electron chi connectivity index (χ3n) is 5.95. The zero-order chi connectivity index (χ0) is 25.7. The lowest BCUT2D eigenvalue weighted by Gasteiger charge is -2.34. The number of piperazine rings is 1. The fraction of sp³-hybridized carbons (Fsp3) is 0.308. The Morgan fingerprint density at radius 3 is 2.61 bits per heavy atom. The van der Waals surface area contributed by atoms with Crippen molar-refractivity contribution in [2.45, 2.75) is 19.6 Å². The summed E-state index contributed by atoms with van der Waals surface area (Å²) in [7, 11) is 2.14. The molecule has 3 aromatic rings. The van der Waals surface area contributed by atoms with Gasteiger partial charge in [0.25, 0.3) is 5.56 Å². The molecule has 1 fully saturated rings. The Morgan fingerprint density at radius 2 is 1.94 bits per heavy atom. The van der Waals surface area contributed by atoms with E-state index in [0.717, 1.165) is 31.9 Å². The van der Waals surface area contributed by atoms with Gasteiger partial charge >= 0.3 is 0 Å². The second-order valence-corrected chi connectivity index (χ2v) is 8.75. The van der Waals surface area contributed by atoms with Crippen LogP contribution in [0, 0.1) is 5.41 Å². The Kier molecular flexibility index (Phi) is 7.77. The van der Waals surface area contributed by atoms with Crippen LogP contribution in [0.2, 0.25) is 0 Å². The Hall–Kier alpha value is -4.02. The summed E-state index contributed by atoms with van der Waals surface area (Å²) in [6, 6.07) is 8.11.